The summed E-state index contributed by atoms with van der Waals surface area (Å²) in [6, 6.07) is 9.91. The van der Waals surface area contributed by atoms with Gasteiger partial charge in [-0.1, -0.05) is 38.0 Å². The second-order valence-corrected chi connectivity index (χ2v) is 6.01. The van der Waals surface area contributed by atoms with E-state index < -0.39 is 0 Å². The summed E-state index contributed by atoms with van der Waals surface area (Å²) in [5.74, 6) is 0.0147. The lowest BCUT2D eigenvalue weighted by Gasteiger charge is -2.27. The third-order valence-corrected chi connectivity index (χ3v) is 4.81. The van der Waals surface area contributed by atoms with E-state index in [1.165, 1.54) is 25.7 Å². The highest BCUT2D eigenvalue weighted by atomic mass is 16.1. The molecule has 0 atom stereocenters. The molecule has 3 nitrogen and oxygen atoms in total. The Labute approximate surface area is 119 Å². The van der Waals surface area contributed by atoms with E-state index in [-0.39, 0.29) is 5.91 Å². The first kappa shape index (κ1) is 13.2. The third kappa shape index (κ3) is 2.45. The number of aromatic nitrogens is 1. The van der Waals surface area contributed by atoms with E-state index in [2.05, 4.69) is 17.2 Å². The topological polar surface area (TPSA) is 44.9 Å². The molecule has 0 saturated heterocycles. The molecule has 0 bridgehead atoms. The van der Waals surface area contributed by atoms with Crippen LogP contribution in [0.4, 0.5) is 0 Å². The number of rotatable bonds is 4. The predicted molar refractivity (Wildman–Crippen MR) is 81.8 cm³/mol. The maximum Gasteiger partial charge on any atom is 0.267 e. The smallest absolute Gasteiger partial charge is 0.267 e. The Bertz CT molecular complexity index is 575. The molecule has 3 rings (SSSR count). The van der Waals surface area contributed by atoms with Gasteiger partial charge >= 0.3 is 0 Å². The van der Waals surface area contributed by atoms with E-state index in [9.17, 15) is 4.79 Å². The minimum absolute atomic E-state index is 0.0147. The molecule has 20 heavy (non-hydrogen) atoms. The molecule has 1 aromatic heterocycles. The van der Waals surface area contributed by atoms with E-state index >= 15 is 0 Å². The molecule has 1 aliphatic rings. The second-order valence-electron chi connectivity index (χ2n) is 6.01. The van der Waals surface area contributed by atoms with E-state index in [1.807, 2.05) is 30.3 Å². The zero-order valence-electron chi connectivity index (χ0n) is 12.0. The molecule has 1 fully saturated rings. The highest BCUT2D eigenvalue weighted by Gasteiger charge is 2.32. The molecular formula is C17H22N2O. The molecule has 0 aliphatic heterocycles. The Morgan fingerprint density at radius 2 is 2.05 bits per heavy atom. The zero-order valence-corrected chi connectivity index (χ0v) is 12.0. The van der Waals surface area contributed by atoms with Crippen molar-refractivity contribution in [3.8, 4) is 0 Å². The van der Waals surface area contributed by atoms with Crippen LogP contribution in [0.5, 0.6) is 0 Å². The lowest BCUT2D eigenvalue weighted by atomic mass is 9.83. The lowest BCUT2D eigenvalue weighted by Crippen LogP contribution is -2.35. The summed E-state index contributed by atoms with van der Waals surface area (Å²) >= 11 is 0. The molecular weight excluding hydrogens is 248 g/mol. The van der Waals surface area contributed by atoms with Crippen molar-refractivity contribution in [1.82, 2.24) is 10.3 Å². The highest BCUT2D eigenvalue weighted by Crippen LogP contribution is 2.40. The fourth-order valence-electron chi connectivity index (χ4n) is 3.34. The van der Waals surface area contributed by atoms with Crippen LogP contribution in [0, 0.1) is 5.41 Å². The fourth-order valence-corrected chi connectivity index (χ4v) is 3.34. The normalized spacial score (nSPS) is 17.4. The van der Waals surface area contributed by atoms with E-state index in [4.69, 9.17) is 0 Å². The maximum atomic E-state index is 12.3. The third-order valence-electron chi connectivity index (χ3n) is 4.81. The number of fused-ring (bicyclic) bond motifs is 1. The average molecular weight is 270 g/mol. The molecule has 1 aromatic carbocycles. The number of amides is 1. The van der Waals surface area contributed by atoms with Gasteiger partial charge in [0.05, 0.1) is 0 Å². The number of benzene rings is 1. The number of hydrogen-bond donors (Lipinski definition) is 2. The van der Waals surface area contributed by atoms with Gasteiger partial charge in [0.25, 0.3) is 5.91 Å². The molecule has 0 unspecified atom stereocenters. The van der Waals surface area contributed by atoms with Crippen molar-refractivity contribution in [1.29, 1.82) is 0 Å². The maximum absolute atomic E-state index is 12.3. The average Bonchev–Trinajstić information content (AvgIpc) is 3.12. The molecule has 106 valence electrons. The van der Waals surface area contributed by atoms with Crippen molar-refractivity contribution in [3.63, 3.8) is 0 Å². The van der Waals surface area contributed by atoms with E-state index in [0.717, 1.165) is 23.9 Å². The van der Waals surface area contributed by atoms with E-state index in [1.54, 1.807) is 0 Å². The van der Waals surface area contributed by atoms with Gasteiger partial charge in [0.15, 0.2) is 0 Å². The molecule has 1 amide bonds. The monoisotopic (exact) mass is 270 g/mol. The number of nitrogens with one attached hydrogen (secondary N) is 2. The minimum atomic E-state index is 0.0147. The highest BCUT2D eigenvalue weighted by molar-refractivity contribution is 5.97. The molecule has 0 spiro atoms. The molecule has 1 heterocycles. The summed E-state index contributed by atoms with van der Waals surface area (Å²) in [4.78, 5) is 15.5. The summed E-state index contributed by atoms with van der Waals surface area (Å²) in [7, 11) is 0. The number of H-pyrrole nitrogens is 1. The van der Waals surface area contributed by atoms with Gasteiger partial charge < -0.3 is 10.3 Å². The SMILES string of the molecule is CCC1(CNC(=O)c2cc3ccccc3[nH]2)CCCC1. The van der Waals surface area contributed by atoms with Gasteiger partial charge in [0.2, 0.25) is 0 Å². The van der Waals surface area contributed by atoms with Crippen molar-refractivity contribution in [2.45, 2.75) is 39.0 Å². The van der Waals surface area contributed by atoms with Crippen molar-refractivity contribution < 1.29 is 4.79 Å². The van der Waals surface area contributed by atoms with Crippen LogP contribution in [-0.2, 0) is 0 Å². The van der Waals surface area contributed by atoms with Crippen LogP contribution in [-0.4, -0.2) is 17.4 Å². The second kappa shape index (κ2) is 5.31. The van der Waals surface area contributed by atoms with Gasteiger partial charge in [-0.2, -0.15) is 0 Å². The largest absolute Gasteiger partial charge is 0.351 e. The van der Waals surface area contributed by atoms with Crippen LogP contribution >= 0.6 is 0 Å². The van der Waals surface area contributed by atoms with Crippen LogP contribution in [0.1, 0.15) is 49.5 Å². The van der Waals surface area contributed by atoms with Crippen molar-refractivity contribution in [2.24, 2.45) is 5.41 Å². The van der Waals surface area contributed by atoms with E-state index in [0.29, 0.717) is 11.1 Å². The number of para-hydroxylation sites is 1. The number of carbonyl (C=O) groups excluding carboxylic acids is 1. The van der Waals surface area contributed by atoms with Gasteiger partial charge in [-0.3, -0.25) is 4.79 Å². The summed E-state index contributed by atoms with van der Waals surface area (Å²) in [5.41, 5.74) is 2.01. The standard InChI is InChI=1S/C17H22N2O/c1-2-17(9-5-6-10-17)12-18-16(20)15-11-13-7-3-4-8-14(13)19-15/h3-4,7-8,11,19H,2,5-6,9-10,12H2,1H3,(H,18,20). The number of hydrogen-bond acceptors (Lipinski definition) is 1. The summed E-state index contributed by atoms with van der Waals surface area (Å²) in [5, 5.41) is 4.21. The first-order valence-electron chi connectivity index (χ1n) is 7.58. The first-order valence-corrected chi connectivity index (χ1v) is 7.58. The lowest BCUT2D eigenvalue weighted by molar-refractivity contribution is 0.0924. The molecule has 1 saturated carbocycles. The summed E-state index contributed by atoms with van der Waals surface area (Å²) in [6.45, 7) is 3.04. The Morgan fingerprint density at radius 3 is 2.75 bits per heavy atom. The first-order chi connectivity index (χ1) is 9.72. The van der Waals surface area contributed by atoms with Crippen LogP contribution in [0.3, 0.4) is 0 Å². The molecule has 2 N–H and O–H groups in total. The van der Waals surface area contributed by atoms with Crippen molar-refractivity contribution >= 4 is 16.8 Å². The van der Waals surface area contributed by atoms with Crippen molar-refractivity contribution in [3.05, 3.63) is 36.0 Å². The molecule has 2 aromatic rings. The van der Waals surface area contributed by atoms with Crippen LogP contribution in [0.2, 0.25) is 0 Å². The van der Waals surface area contributed by atoms with Crippen LogP contribution < -0.4 is 5.32 Å². The fraction of sp³-hybridized carbons (Fsp3) is 0.471. The van der Waals surface area contributed by atoms with Crippen LogP contribution in [0.15, 0.2) is 30.3 Å². The van der Waals surface area contributed by atoms with Crippen LogP contribution in [0.25, 0.3) is 10.9 Å². The van der Waals surface area contributed by atoms with Gasteiger partial charge in [0, 0.05) is 17.4 Å². The van der Waals surface area contributed by atoms with Gasteiger partial charge in [-0.25, -0.2) is 0 Å². The number of carbonyl (C=O) groups is 1. The summed E-state index contributed by atoms with van der Waals surface area (Å²) in [6.07, 6.45) is 6.25. The van der Waals surface area contributed by atoms with Gasteiger partial charge in [-0.05, 0) is 36.8 Å². The van der Waals surface area contributed by atoms with Gasteiger partial charge in [-0.15, -0.1) is 0 Å². The Hall–Kier alpha value is -1.77. The van der Waals surface area contributed by atoms with Gasteiger partial charge in [0.1, 0.15) is 5.69 Å². The summed E-state index contributed by atoms with van der Waals surface area (Å²) < 4.78 is 0. The Morgan fingerprint density at radius 1 is 1.30 bits per heavy atom. The minimum Gasteiger partial charge on any atom is -0.351 e. The predicted octanol–water partition coefficient (Wildman–Crippen LogP) is 3.87. The molecule has 3 heteroatoms. The Kier molecular flexibility index (Phi) is 3.51. The van der Waals surface area contributed by atoms with Crippen molar-refractivity contribution in [2.75, 3.05) is 6.54 Å². The Balaban J connectivity index is 1.69. The number of aromatic amines is 1. The molecule has 1 aliphatic carbocycles. The quantitative estimate of drug-likeness (QED) is 0.870. The molecule has 0 radical (unpaired) electrons. The zero-order chi connectivity index (χ0) is 14.0.